The van der Waals surface area contributed by atoms with Gasteiger partial charge in [0.1, 0.15) is 12.4 Å². The second-order valence-electron chi connectivity index (χ2n) is 5.73. The maximum atomic E-state index is 12.6. The van der Waals surface area contributed by atoms with Crippen LogP contribution in [0.1, 0.15) is 5.56 Å². The van der Waals surface area contributed by atoms with Crippen LogP contribution in [0.2, 0.25) is 5.02 Å². The molecule has 1 aliphatic heterocycles. The van der Waals surface area contributed by atoms with E-state index >= 15 is 0 Å². The maximum Gasteiger partial charge on any atom is 0.293 e. The van der Waals surface area contributed by atoms with Crippen molar-refractivity contribution in [3.8, 4) is 17.2 Å². The normalized spacial score (nSPS) is 15.2. The average Bonchev–Trinajstić information content (AvgIpc) is 2.96. The van der Waals surface area contributed by atoms with Crippen molar-refractivity contribution in [2.45, 2.75) is 0 Å². The van der Waals surface area contributed by atoms with Crippen molar-refractivity contribution in [1.82, 2.24) is 4.90 Å². The molecule has 0 bridgehead atoms. The molecule has 146 valence electrons. The van der Waals surface area contributed by atoms with E-state index in [1.807, 2.05) is 0 Å². The van der Waals surface area contributed by atoms with Gasteiger partial charge in [0, 0.05) is 0 Å². The lowest BCUT2D eigenvalue weighted by Crippen LogP contribution is -2.32. The summed E-state index contributed by atoms with van der Waals surface area (Å²) in [6.45, 7) is 0.296. The maximum absolute atomic E-state index is 12.6. The van der Waals surface area contributed by atoms with Crippen molar-refractivity contribution in [3.63, 3.8) is 0 Å². The summed E-state index contributed by atoms with van der Waals surface area (Å²) in [5.74, 6) is 1.29. The van der Waals surface area contributed by atoms with Crippen molar-refractivity contribution in [3.05, 3.63) is 58.0 Å². The van der Waals surface area contributed by atoms with Crippen LogP contribution in [0, 0.1) is 0 Å². The van der Waals surface area contributed by atoms with E-state index < -0.39 is 0 Å². The number of thioether (sulfide) groups is 1. The number of benzene rings is 2. The zero-order chi connectivity index (χ0) is 20.1. The van der Waals surface area contributed by atoms with Gasteiger partial charge < -0.3 is 14.2 Å². The number of nitrogens with zero attached hydrogens (tertiary/aromatic N) is 1. The van der Waals surface area contributed by atoms with Crippen LogP contribution in [0.15, 0.2) is 47.4 Å². The van der Waals surface area contributed by atoms with Gasteiger partial charge in [-0.2, -0.15) is 0 Å². The zero-order valence-corrected chi connectivity index (χ0v) is 16.9. The van der Waals surface area contributed by atoms with Crippen LogP contribution in [0.3, 0.4) is 0 Å². The summed E-state index contributed by atoms with van der Waals surface area (Å²) in [4.78, 5) is 26.3. The van der Waals surface area contributed by atoms with Gasteiger partial charge in [-0.25, -0.2) is 0 Å². The number of rotatable bonds is 7. The molecule has 0 unspecified atom stereocenters. The smallest absolute Gasteiger partial charge is 0.293 e. The summed E-state index contributed by atoms with van der Waals surface area (Å²) in [6, 6.07) is 12.3. The lowest BCUT2D eigenvalue weighted by Gasteiger charge is -2.13. The fraction of sp³-hybridized carbons (Fsp3) is 0.200. The van der Waals surface area contributed by atoms with Gasteiger partial charge in [-0.1, -0.05) is 29.8 Å². The quantitative estimate of drug-likeness (QED) is 0.617. The Labute approximate surface area is 172 Å². The van der Waals surface area contributed by atoms with Crippen LogP contribution in [0.5, 0.6) is 17.2 Å². The number of hydrogen-bond acceptors (Lipinski definition) is 6. The Morgan fingerprint density at radius 3 is 2.50 bits per heavy atom. The fourth-order valence-corrected chi connectivity index (χ4v) is 3.65. The van der Waals surface area contributed by atoms with E-state index in [1.165, 1.54) is 7.11 Å². The van der Waals surface area contributed by atoms with Crippen LogP contribution in [0.4, 0.5) is 4.79 Å². The summed E-state index contributed by atoms with van der Waals surface area (Å²) in [5.41, 5.74) is 0.732. The molecule has 0 N–H and O–H groups in total. The van der Waals surface area contributed by atoms with Gasteiger partial charge in [-0.15, -0.1) is 0 Å². The van der Waals surface area contributed by atoms with Crippen molar-refractivity contribution in [1.29, 1.82) is 0 Å². The molecular weight excluding hydrogens is 402 g/mol. The topological polar surface area (TPSA) is 65.1 Å². The van der Waals surface area contributed by atoms with E-state index in [1.54, 1.807) is 55.7 Å². The number of hydrogen-bond donors (Lipinski definition) is 0. The van der Waals surface area contributed by atoms with Crippen molar-refractivity contribution in [2.75, 3.05) is 27.4 Å². The molecule has 2 aromatic rings. The van der Waals surface area contributed by atoms with Crippen LogP contribution < -0.4 is 14.2 Å². The predicted molar refractivity (Wildman–Crippen MR) is 109 cm³/mol. The molecule has 0 radical (unpaired) electrons. The van der Waals surface area contributed by atoms with E-state index in [9.17, 15) is 9.59 Å². The summed E-state index contributed by atoms with van der Waals surface area (Å²) < 4.78 is 16.0. The minimum Gasteiger partial charge on any atom is -0.493 e. The Morgan fingerprint density at radius 1 is 1.04 bits per heavy atom. The molecule has 0 aliphatic carbocycles. The Bertz CT molecular complexity index is 931. The minimum atomic E-state index is -0.354. The molecule has 2 aromatic carbocycles. The van der Waals surface area contributed by atoms with Crippen LogP contribution in [0.25, 0.3) is 6.08 Å². The first-order valence-corrected chi connectivity index (χ1v) is 9.57. The summed E-state index contributed by atoms with van der Waals surface area (Å²) >= 11 is 6.93. The van der Waals surface area contributed by atoms with Gasteiger partial charge in [0.2, 0.25) is 0 Å². The predicted octanol–water partition coefficient (Wildman–Crippen LogP) is 4.47. The Hall–Kier alpha value is -2.64. The molecule has 0 spiro atoms. The molecule has 0 aromatic heterocycles. The first kappa shape index (κ1) is 20.1. The number of para-hydroxylation sites is 1. The molecule has 1 fully saturated rings. The monoisotopic (exact) mass is 419 g/mol. The molecule has 1 aliphatic rings. The minimum absolute atomic E-state index is 0.138. The fourth-order valence-electron chi connectivity index (χ4n) is 2.60. The lowest BCUT2D eigenvalue weighted by molar-refractivity contribution is -0.123. The summed E-state index contributed by atoms with van der Waals surface area (Å²) in [6.07, 6.45) is 1.65. The molecule has 2 amide bonds. The van der Waals surface area contributed by atoms with Gasteiger partial charge in [0.25, 0.3) is 11.1 Å². The third-order valence-electron chi connectivity index (χ3n) is 3.99. The van der Waals surface area contributed by atoms with Crippen LogP contribution in [-0.4, -0.2) is 43.4 Å². The Balaban J connectivity index is 1.67. The molecule has 6 nitrogen and oxygen atoms in total. The average molecular weight is 420 g/mol. The molecule has 3 rings (SSSR count). The second kappa shape index (κ2) is 9.03. The number of carbonyl (C=O) groups excluding carboxylic acids is 2. The summed E-state index contributed by atoms with van der Waals surface area (Å²) in [5, 5.41) is 0.143. The summed E-state index contributed by atoms with van der Waals surface area (Å²) in [7, 11) is 3.09. The van der Waals surface area contributed by atoms with E-state index in [0.717, 1.165) is 22.2 Å². The van der Waals surface area contributed by atoms with Crippen molar-refractivity contribution < 1.29 is 23.8 Å². The van der Waals surface area contributed by atoms with E-state index in [4.69, 9.17) is 25.8 Å². The van der Waals surface area contributed by atoms with Gasteiger partial charge in [-0.05, 0) is 47.7 Å². The highest BCUT2D eigenvalue weighted by atomic mass is 35.5. The van der Waals surface area contributed by atoms with Crippen LogP contribution in [-0.2, 0) is 4.79 Å². The number of halogens is 1. The number of carbonyl (C=O) groups is 2. The molecule has 0 atom stereocenters. The molecular formula is C20H18ClNO5S. The number of imide groups is 1. The Kier molecular flexibility index (Phi) is 6.49. The number of methoxy groups -OCH3 is 2. The highest BCUT2D eigenvalue weighted by Crippen LogP contribution is 2.34. The Morgan fingerprint density at radius 2 is 1.79 bits per heavy atom. The van der Waals surface area contributed by atoms with E-state index in [-0.39, 0.29) is 24.3 Å². The number of ether oxygens (including phenoxy) is 3. The van der Waals surface area contributed by atoms with Crippen LogP contribution >= 0.6 is 23.4 Å². The second-order valence-corrected chi connectivity index (χ2v) is 7.13. The zero-order valence-electron chi connectivity index (χ0n) is 15.3. The van der Waals surface area contributed by atoms with Gasteiger partial charge >= 0.3 is 0 Å². The highest BCUT2D eigenvalue weighted by Gasteiger charge is 2.34. The highest BCUT2D eigenvalue weighted by molar-refractivity contribution is 8.18. The van der Waals surface area contributed by atoms with Gasteiger partial charge in [0.05, 0.1) is 30.7 Å². The van der Waals surface area contributed by atoms with Gasteiger partial charge in [0.15, 0.2) is 11.5 Å². The third kappa shape index (κ3) is 4.43. The molecule has 1 saturated heterocycles. The number of amides is 2. The molecule has 8 heteroatoms. The lowest BCUT2D eigenvalue weighted by atomic mass is 10.2. The van der Waals surface area contributed by atoms with Gasteiger partial charge in [-0.3, -0.25) is 14.5 Å². The van der Waals surface area contributed by atoms with Crippen molar-refractivity contribution in [2.24, 2.45) is 0 Å². The standard InChI is InChI=1S/C20H18ClNO5S/c1-25-16-8-7-13(11-17(16)26-2)12-18-19(23)22(20(24)28-18)9-10-27-15-6-4-3-5-14(15)21/h3-8,11-12H,9-10H2,1-2H3/b18-12-. The van der Waals surface area contributed by atoms with E-state index in [0.29, 0.717) is 27.2 Å². The largest absolute Gasteiger partial charge is 0.493 e. The first-order chi connectivity index (χ1) is 13.5. The SMILES string of the molecule is COc1ccc(/C=C2\SC(=O)N(CCOc3ccccc3Cl)C2=O)cc1OC. The van der Waals surface area contributed by atoms with E-state index in [2.05, 4.69) is 0 Å². The third-order valence-corrected chi connectivity index (χ3v) is 5.21. The van der Waals surface area contributed by atoms with Crippen molar-refractivity contribution >= 4 is 40.6 Å². The molecule has 1 heterocycles. The first-order valence-electron chi connectivity index (χ1n) is 8.38. The molecule has 0 saturated carbocycles. The molecule has 28 heavy (non-hydrogen) atoms.